The molecule has 2 N–H and O–H groups in total. The largest absolute Gasteiger partial charge is 0.511 e. The molecule has 0 saturated carbocycles. The molecular weight excluding hydrogens is 391 g/mol. The number of aryl methyl sites for hydroxylation is 1. The number of fused-ring (bicyclic) bond motifs is 1. The van der Waals surface area contributed by atoms with Gasteiger partial charge in [0.25, 0.3) is 5.72 Å². The monoisotopic (exact) mass is 408 g/mol. The van der Waals surface area contributed by atoms with Gasteiger partial charge in [-0.25, -0.2) is 13.2 Å². The average molecular weight is 408 g/mol. The molecular formula is C15H17F3N3O5S+. The highest BCUT2D eigenvalue weighted by atomic mass is 32.2. The standard InChI is InChI=1S/C15H17F3N3O5S/c1-2-26-12(22)13(20-19)9-5-7-10-6-3-4-8-11(10)14(13,23)21-27(24,25)15(16,17)18/h3-4,6,8,21,23H,2,5,7,9H2,1H3/q+1. The third-order valence-corrected chi connectivity index (χ3v) is 5.53. The lowest BCUT2D eigenvalue weighted by Gasteiger charge is -2.33. The highest BCUT2D eigenvalue weighted by Crippen LogP contribution is 2.44. The van der Waals surface area contributed by atoms with E-state index in [4.69, 9.17) is 4.74 Å². The summed E-state index contributed by atoms with van der Waals surface area (Å²) in [5.41, 5.74) is -11.8. The van der Waals surface area contributed by atoms with E-state index in [2.05, 4.69) is 4.98 Å². The van der Waals surface area contributed by atoms with E-state index in [0.29, 0.717) is 5.56 Å². The SMILES string of the molecule is CCOC(=O)C1([N+]#N)CCCc2ccccc2C1(O)NS(=O)(=O)C(F)(F)F. The Bertz CT molecular complexity index is 883. The molecule has 2 atom stereocenters. The Balaban J connectivity index is 2.80. The van der Waals surface area contributed by atoms with Crippen LogP contribution in [0.3, 0.4) is 0 Å². The minimum absolute atomic E-state index is 0.107. The smallest absolute Gasteiger partial charge is 0.460 e. The van der Waals surface area contributed by atoms with Crippen LogP contribution in [-0.4, -0.2) is 37.1 Å². The second-order valence-electron chi connectivity index (χ2n) is 5.95. The zero-order valence-corrected chi connectivity index (χ0v) is 15.0. The summed E-state index contributed by atoms with van der Waals surface area (Å²) >= 11 is 0. The first kappa shape index (κ1) is 21.1. The molecule has 0 saturated heterocycles. The van der Waals surface area contributed by atoms with Crippen molar-refractivity contribution < 1.29 is 36.2 Å². The Labute approximate surface area is 153 Å². The summed E-state index contributed by atoms with van der Waals surface area (Å²) in [4.78, 5) is 15.4. The molecule has 2 unspecified atom stereocenters. The number of hydrogen-bond donors (Lipinski definition) is 2. The molecule has 1 aliphatic carbocycles. The number of aliphatic hydroxyl groups is 1. The van der Waals surface area contributed by atoms with Gasteiger partial charge in [-0.2, -0.15) is 17.9 Å². The van der Waals surface area contributed by atoms with Crippen molar-refractivity contribution in [1.82, 2.24) is 4.72 Å². The van der Waals surface area contributed by atoms with Gasteiger partial charge in [0.2, 0.25) is 5.39 Å². The Morgan fingerprint density at radius 1 is 1.41 bits per heavy atom. The van der Waals surface area contributed by atoms with E-state index in [0.717, 1.165) is 10.8 Å². The lowest BCUT2D eigenvalue weighted by Crippen LogP contribution is -2.65. The quantitative estimate of drug-likeness (QED) is 0.339. The summed E-state index contributed by atoms with van der Waals surface area (Å²) in [6.45, 7) is 1.16. The number of hydrogen-bond acceptors (Lipinski definition) is 6. The third kappa shape index (κ3) is 3.38. The van der Waals surface area contributed by atoms with E-state index in [9.17, 15) is 36.9 Å². The van der Waals surface area contributed by atoms with Gasteiger partial charge in [0.15, 0.2) is 0 Å². The highest BCUT2D eigenvalue weighted by molar-refractivity contribution is 7.90. The molecule has 0 aromatic heterocycles. The number of benzene rings is 1. The number of nitrogens with one attached hydrogen (secondary N) is 1. The Morgan fingerprint density at radius 3 is 2.59 bits per heavy atom. The summed E-state index contributed by atoms with van der Waals surface area (Å²) in [5, 5.41) is 20.7. The minimum atomic E-state index is -6.12. The number of carbonyl (C=O) groups is 1. The number of nitrogens with zero attached hydrogens (tertiary/aromatic N) is 2. The van der Waals surface area contributed by atoms with Crippen molar-refractivity contribution in [2.75, 3.05) is 6.61 Å². The van der Waals surface area contributed by atoms with E-state index in [1.807, 2.05) is 0 Å². The maximum Gasteiger partial charge on any atom is 0.511 e. The molecule has 0 amide bonds. The van der Waals surface area contributed by atoms with Crippen molar-refractivity contribution >= 4 is 16.0 Å². The van der Waals surface area contributed by atoms with Crippen LogP contribution in [-0.2, 0) is 31.7 Å². The molecule has 0 spiro atoms. The summed E-state index contributed by atoms with van der Waals surface area (Å²) in [7, 11) is -6.12. The maximum absolute atomic E-state index is 13.0. The fourth-order valence-electron chi connectivity index (χ4n) is 3.08. The maximum atomic E-state index is 13.0. The number of alkyl halides is 3. The first-order valence-corrected chi connectivity index (χ1v) is 9.38. The molecule has 8 nitrogen and oxygen atoms in total. The lowest BCUT2D eigenvalue weighted by atomic mass is 9.80. The first-order chi connectivity index (χ1) is 12.4. The van der Waals surface area contributed by atoms with Crippen LogP contribution < -0.4 is 4.72 Å². The highest BCUT2D eigenvalue weighted by Gasteiger charge is 2.74. The molecule has 0 fully saturated rings. The molecule has 0 radical (unpaired) electrons. The molecule has 2 rings (SSSR count). The predicted octanol–water partition coefficient (Wildman–Crippen LogP) is 1.76. The molecule has 27 heavy (non-hydrogen) atoms. The molecule has 1 aliphatic rings. The summed E-state index contributed by atoms with van der Waals surface area (Å²) in [6, 6.07) is 5.48. The van der Waals surface area contributed by atoms with E-state index in [-0.39, 0.29) is 25.0 Å². The van der Waals surface area contributed by atoms with Crippen LogP contribution in [0.4, 0.5) is 13.2 Å². The van der Waals surface area contributed by atoms with Crippen molar-refractivity contribution in [3.05, 3.63) is 40.4 Å². The average Bonchev–Trinajstić information content (AvgIpc) is 2.69. The Hall–Kier alpha value is -2.23. The number of ether oxygens (including phenoxy) is 1. The van der Waals surface area contributed by atoms with Gasteiger partial charge in [-0.15, -0.1) is 0 Å². The minimum Gasteiger partial charge on any atom is -0.460 e. The van der Waals surface area contributed by atoms with Crippen molar-refractivity contribution in [3.8, 4) is 0 Å². The molecule has 1 aromatic rings. The van der Waals surface area contributed by atoms with Crippen molar-refractivity contribution in [2.24, 2.45) is 0 Å². The number of halogens is 3. The second kappa shape index (κ2) is 7.06. The summed E-state index contributed by atoms with van der Waals surface area (Å²) < 4.78 is 68.3. The first-order valence-electron chi connectivity index (χ1n) is 7.89. The molecule has 12 heteroatoms. The molecule has 0 aliphatic heterocycles. The number of sulfonamides is 1. The van der Waals surface area contributed by atoms with Gasteiger partial charge in [0.1, 0.15) is 4.98 Å². The predicted molar refractivity (Wildman–Crippen MR) is 85.8 cm³/mol. The van der Waals surface area contributed by atoms with Crippen LogP contribution in [0.1, 0.15) is 30.9 Å². The number of rotatable bonds is 4. The van der Waals surface area contributed by atoms with Crippen LogP contribution in [0.5, 0.6) is 0 Å². The van der Waals surface area contributed by atoms with Gasteiger partial charge in [0, 0.05) is 5.56 Å². The van der Waals surface area contributed by atoms with Gasteiger partial charge < -0.3 is 9.84 Å². The van der Waals surface area contributed by atoms with Crippen LogP contribution >= 0.6 is 0 Å². The number of esters is 1. The van der Waals surface area contributed by atoms with Crippen LogP contribution in [0.15, 0.2) is 24.3 Å². The zero-order valence-electron chi connectivity index (χ0n) is 14.2. The van der Waals surface area contributed by atoms with Crippen LogP contribution in [0.25, 0.3) is 4.98 Å². The summed E-state index contributed by atoms with van der Waals surface area (Å²) in [5.74, 6) is -1.36. The van der Waals surface area contributed by atoms with E-state index in [1.54, 1.807) is 0 Å². The van der Waals surface area contributed by atoms with E-state index >= 15 is 0 Å². The van der Waals surface area contributed by atoms with Crippen molar-refractivity contribution in [3.63, 3.8) is 0 Å². The van der Waals surface area contributed by atoms with Crippen LogP contribution in [0, 0.1) is 5.39 Å². The fourth-order valence-corrected chi connectivity index (χ4v) is 3.87. The fraction of sp³-hybridized carbons (Fsp3) is 0.533. The second-order valence-corrected chi connectivity index (χ2v) is 7.63. The van der Waals surface area contributed by atoms with Crippen LogP contribution in [0.2, 0.25) is 0 Å². The van der Waals surface area contributed by atoms with E-state index in [1.165, 1.54) is 25.1 Å². The van der Waals surface area contributed by atoms with Gasteiger partial charge >= 0.3 is 27.0 Å². The number of carbonyl (C=O) groups excluding carboxylic acids is 1. The van der Waals surface area contributed by atoms with Gasteiger partial charge in [0.05, 0.1) is 13.0 Å². The normalized spacial score (nSPS) is 25.8. The number of diazo groups is 1. The molecule has 148 valence electrons. The van der Waals surface area contributed by atoms with Gasteiger partial charge in [-0.3, -0.25) is 0 Å². The molecule has 0 heterocycles. The van der Waals surface area contributed by atoms with E-state index < -0.39 is 39.2 Å². The molecule has 1 aromatic carbocycles. The lowest BCUT2D eigenvalue weighted by molar-refractivity contribution is -0.161. The zero-order chi connectivity index (χ0) is 20.5. The third-order valence-electron chi connectivity index (χ3n) is 4.36. The van der Waals surface area contributed by atoms with Gasteiger partial charge in [-0.05, 0) is 25.3 Å². The topological polar surface area (TPSA) is 121 Å². The Kier molecular flexibility index (Phi) is 5.51. The summed E-state index contributed by atoms with van der Waals surface area (Å²) in [6.07, 6.45) is -0.160. The van der Waals surface area contributed by atoms with Crippen molar-refractivity contribution in [2.45, 2.75) is 43.0 Å². The Morgan fingerprint density at radius 2 is 2.04 bits per heavy atom. The van der Waals surface area contributed by atoms with Crippen molar-refractivity contribution in [1.29, 1.82) is 5.39 Å². The molecule has 0 bridgehead atoms. The van der Waals surface area contributed by atoms with Gasteiger partial charge in [-0.1, -0.05) is 24.3 Å².